The molecule has 0 unspecified atom stereocenters. The van der Waals surface area contributed by atoms with Gasteiger partial charge in [0.1, 0.15) is 0 Å². The molecule has 0 aliphatic carbocycles. The van der Waals surface area contributed by atoms with Gasteiger partial charge in [-0.1, -0.05) is 0 Å². The van der Waals surface area contributed by atoms with Gasteiger partial charge in [0.2, 0.25) is 11.9 Å². The lowest BCUT2D eigenvalue weighted by Crippen LogP contribution is -2.47. The average molecular weight is 271 g/mol. The van der Waals surface area contributed by atoms with Gasteiger partial charge in [0.25, 0.3) is 0 Å². The lowest BCUT2D eigenvalue weighted by molar-refractivity contribution is -0.129. The highest BCUT2D eigenvalue weighted by atomic mass is 16.5. The third kappa shape index (κ3) is 5.44. The molecule has 1 amide bonds. The Labute approximate surface area is 114 Å². The van der Waals surface area contributed by atoms with Gasteiger partial charge in [-0.3, -0.25) is 15.2 Å². The third-order valence-corrected chi connectivity index (χ3v) is 3.01. The van der Waals surface area contributed by atoms with Crippen LogP contribution in [-0.2, 0) is 9.53 Å². The van der Waals surface area contributed by atoms with Crippen molar-refractivity contribution in [2.45, 2.75) is 19.8 Å². The quantitative estimate of drug-likeness (QED) is 0.229. The molecule has 1 rings (SSSR count). The van der Waals surface area contributed by atoms with Crippen LogP contribution in [0.2, 0.25) is 0 Å². The van der Waals surface area contributed by atoms with Gasteiger partial charge in [0.05, 0.1) is 6.54 Å². The molecule has 0 aromatic heterocycles. The molecule has 0 bridgehead atoms. The van der Waals surface area contributed by atoms with Gasteiger partial charge < -0.3 is 14.5 Å². The fourth-order valence-electron chi connectivity index (χ4n) is 1.90. The smallest absolute Gasteiger partial charge is 0.241 e. The van der Waals surface area contributed by atoms with Crippen LogP contribution in [0.25, 0.3) is 0 Å². The van der Waals surface area contributed by atoms with Crippen molar-refractivity contribution in [1.29, 1.82) is 0 Å². The summed E-state index contributed by atoms with van der Waals surface area (Å²) in [6.45, 7) is 5.90. The third-order valence-electron chi connectivity index (χ3n) is 3.01. The van der Waals surface area contributed by atoms with Crippen molar-refractivity contribution in [2.75, 3.05) is 46.4 Å². The normalized spacial score (nSPS) is 17.6. The van der Waals surface area contributed by atoms with Crippen molar-refractivity contribution in [2.24, 2.45) is 10.8 Å². The molecular weight excluding hydrogens is 246 g/mol. The summed E-state index contributed by atoms with van der Waals surface area (Å²) in [5.74, 6) is 6.17. The topological polar surface area (TPSA) is 83.2 Å². The predicted octanol–water partition coefficient (Wildman–Crippen LogP) is -0.604. The molecule has 0 atom stereocenters. The lowest BCUT2D eigenvalue weighted by Gasteiger charge is -2.22. The summed E-state index contributed by atoms with van der Waals surface area (Å²) >= 11 is 0. The van der Waals surface area contributed by atoms with E-state index in [4.69, 9.17) is 10.6 Å². The number of rotatable bonds is 5. The second-order valence-electron chi connectivity index (χ2n) is 4.49. The van der Waals surface area contributed by atoms with Crippen LogP contribution in [0.5, 0.6) is 0 Å². The number of amides is 1. The number of carbonyl (C=O) groups excluding carboxylic acids is 1. The highest BCUT2D eigenvalue weighted by molar-refractivity contribution is 5.86. The molecule has 0 aromatic carbocycles. The van der Waals surface area contributed by atoms with E-state index in [-0.39, 0.29) is 5.91 Å². The van der Waals surface area contributed by atoms with Crippen LogP contribution in [0, 0.1) is 0 Å². The van der Waals surface area contributed by atoms with Crippen LogP contribution in [0.1, 0.15) is 19.8 Å². The standard InChI is InChI=1S/C12H25N5O2/c1-3-19-9-4-6-14-12(15-13)17-8-5-7-16(2)11(18)10-17/h3-10,13H2,1-2H3,(H,14,15). The molecular formula is C12H25N5O2. The minimum atomic E-state index is 0.0924. The molecule has 3 N–H and O–H groups in total. The second-order valence-corrected chi connectivity index (χ2v) is 4.49. The Morgan fingerprint density at radius 2 is 2.32 bits per heavy atom. The molecule has 1 saturated heterocycles. The van der Waals surface area contributed by atoms with E-state index < -0.39 is 0 Å². The van der Waals surface area contributed by atoms with E-state index in [9.17, 15) is 4.79 Å². The number of guanidine groups is 1. The Morgan fingerprint density at radius 1 is 1.53 bits per heavy atom. The van der Waals surface area contributed by atoms with Crippen LogP contribution in [0.15, 0.2) is 4.99 Å². The summed E-state index contributed by atoms with van der Waals surface area (Å²) in [5.41, 5.74) is 2.59. The van der Waals surface area contributed by atoms with Gasteiger partial charge in [0.15, 0.2) is 0 Å². The highest BCUT2D eigenvalue weighted by Crippen LogP contribution is 2.03. The Kier molecular flexibility index (Phi) is 7.20. The van der Waals surface area contributed by atoms with Crippen molar-refractivity contribution in [3.05, 3.63) is 0 Å². The number of ether oxygens (including phenoxy) is 1. The van der Waals surface area contributed by atoms with E-state index in [0.717, 1.165) is 32.5 Å². The maximum atomic E-state index is 11.8. The number of aliphatic imine (C=N–C) groups is 1. The summed E-state index contributed by atoms with van der Waals surface area (Å²) in [6, 6.07) is 0. The first-order valence-electron chi connectivity index (χ1n) is 6.76. The van der Waals surface area contributed by atoms with Crippen molar-refractivity contribution in [3.8, 4) is 0 Å². The van der Waals surface area contributed by atoms with Crippen LogP contribution < -0.4 is 11.3 Å². The fourth-order valence-corrected chi connectivity index (χ4v) is 1.90. The highest BCUT2D eigenvalue weighted by Gasteiger charge is 2.20. The Morgan fingerprint density at radius 3 is 3.00 bits per heavy atom. The molecule has 0 radical (unpaired) electrons. The zero-order chi connectivity index (χ0) is 14.1. The molecule has 19 heavy (non-hydrogen) atoms. The monoisotopic (exact) mass is 271 g/mol. The summed E-state index contributed by atoms with van der Waals surface area (Å²) in [5, 5.41) is 0. The number of hydrogen-bond donors (Lipinski definition) is 2. The fraction of sp³-hybridized carbons (Fsp3) is 0.833. The average Bonchev–Trinajstić information content (AvgIpc) is 2.57. The molecule has 0 spiro atoms. The number of nitrogens with one attached hydrogen (secondary N) is 1. The van der Waals surface area contributed by atoms with Crippen molar-refractivity contribution in [3.63, 3.8) is 0 Å². The molecule has 1 aliphatic rings. The zero-order valence-corrected chi connectivity index (χ0v) is 11.9. The molecule has 1 heterocycles. The number of hydrazine groups is 1. The van der Waals surface area contributed by atoms with Crippen LogP contribution in [-0.4, -0.2) is 68.1 Å². The largest absolute Gasteiger partial charge is 0.382 e. The Hall–Kier alpha value is -1.34. The van der Waals surface area contributed by atoms with Gasteiger partial charge in [-0.25, -0.2) is 5.84 Å². The zero-order valence-electron chi connectivity index (χ0n) is 11.9. The van der Waals surface area contributed by atoms with E-state index in [0.29, 0.717) is 25.7 Å². The van der Waals surface area contributed by atoms with Crippen molar-refractivity contribution >= 4 is 11.9 Å². The molecule has 7 heteroatoms. The van der Waals surface area contributed by atoms with Gasteiger partial charge in [-0.2, -0.15) is 0 Å². The first-order valence-corrected chi connectivity index (χ1v) is 6.76. The van der Waals surface area contributed by atoms with E-state index in [2.05, 4.69) is 10.4 Å². The van der Waals surface area contributed by atoms with E-state index in [1.807, 2.05) is 18.9 Å². The first-order chi connectivity index (χ1) is 9.19. The molecule has 1 fully saturated rings. The van der Waals surface area contributed by atoms with E-state index in [1.54, 1.807) is 4.90 Å². The summed E-state index contributed by atoms with van der Waals surface area (Å²) in [7, 11) is 1.82. The summed E-state index contributed by atoms with van der Waals surface area (Å²) < 4.78 is 5.25. The minimum absolute atomic E-state index is 0.0924. The maximum Gasteiger partial charge on any atom is 0.241 e. The van der Waals surface area contributed by atoms with E-state index >= 15 is 0 Å². The molecule has 110 valence electrons. The number of hydrogen-bond acceptors (Lipinski definition) is 4. The summed E-state index contributed by atoms with van der Waals surface area (Å²) in [4.78, 5) is 19.8. The number of likely N-dealkylation sites (N-methyl/N-ethyl adjacent to an activating group) is 1. The van der Waals surface area contributed by atoms with Crippen molar-refractivity contribution < 1.29 is 9.53 Å². The number of nitrogens with two attached hydrogens (primary N) is 1. The molecule has 1 aliphatic heterocycles. The maximum absolute atomic E-state index is 11.8. The SMILES string of the molecule is CCOCCCN=C(NN)N1CCCN(C)C(=O)C1. The van der Waals surface area contributed by atoms with Crippen molar-refractivity contribution in [1.82, 2.24) is 15.2 Å². The molecule has 0 aromatic rings. The van der Waals surface area contributed by atoms with Gasteiger partial charge in [-0.15, -0.1) is 0 Å². The minimum Gasteiger partial charge on any atom is -0.382 e. The van der Waals surface area contributed by atoms with E-state index in [1.165, 1.54) is 0 Å². The van der Waals surface area contributed by atoms with Gasteiger partial charge in [0, 0.05) is 39.9 Å². The second kappa shape index (κ2) is 8.71. The molecule has 0 saturated carbocycles. The Balaban J connectivity index is 2.48. The van der Waals surface area contributed by atoms with Crippen LogP contribution in [0.4, 0.5) is 0 Å². The lowest BCUT2D eigenvalue weighted by atomic mass is 10.4. The van der Waals surface area contributed by atoms with Crippen LogP contribution >= 0.6 is 0 Å². The van der Waals surface area contributed by atoms with Crippen LogP contribution in [0.3, 0.4) is 0 Å². The number of carbonyl (C=O) groups is 1. The number of nitrogens with zero attached hydrogens (tertiary/aromatic N) is 3. The van der Waals surface area contributed by atoms with Gasteiger partial charge >= 0.3 is 0 Å². The van der Waals surface area contributed by atoms with Gasteiger partial charge in [-0.05, 0) is 19.8 Å². The summed E-state index contributed by atoms with van der Waals surface area (Å²) in [6.07, 6.45) is 1.77. The predicted molar refractivity (Wildman–Crippen MR) is 74.6 cm³/mol. The Bertz CT molecular complexity index is 308. The first kappa shape index (κ1) is 15.7. The molecule has 7 nitrogen and oxygen atoms in total.